The molecule has 0 spiro atoms. The van der Waals surface area contributed by atoms with Crippen LogP contribution in [0, 0.1) is 11.6 Å². The van der Waals surface area contributed by atoms with Gasteiger partial charge in [0, 0.05) is 6.42 Å². The van der Waals surface area contributed by atoms with E-state index in [1.54, 1.807) is 0 Å². The first-order valence-electron chi connectivity index (χ1n) is 7.25. The number of benzene rings is 2. The summed E-state index contributed by atoms with van der Waals surface area (Å²) in [4.78, 5) is 0. The Hall–Kier alpha value is -1.74. The van der Waals surface area contributed by atoms with Crippen molar-refractivity contribution < 1.29 is 13.9 Å². The first kappa shape index (κ1) is 14.2. The smallest absolute Gasteiger partial charge is 0.126 e. The van der Waals surface area contributed by atoms with E-state index >= 15 is 0 Å². The van der Waals surface area contributed by atoms with Crippen LogP contribution in [0.2, 0.25) is 0 Å². The zero-order valence-electron chi connectivity index (χ0n) is 11.9. The van der Waals surface area contributed by atoms with Crippen LogP contribution in [0.5, 0.6) is 0 Å². The van der Waals surface area contributed by atoms with Crippen molar-refractivity contribution in [1.82, 2.24) is 0 Å². The van der Waals surface area contributed by atoms with Crippen molar-refractivity contribution in [2.75, 3.05) is 0 Å². The number of aliphatic hydroxyl groups is 1. The maximum Gasteiger partial charge on any atom is 0.126 e. The summed E-state index contributed by atoms with van der Waals surface area (Å²) < 4.78 is 27.2. The van der Waals surface area contributed by atoms with Gasteiger partial charge in [0.05, 0.1) is 5.60 Å². The van der Waals surface area contributed by atoms with Crippen LogP contribution in [-0.2, 0) is 12.0 Å². The molecule has 2 unspecified atom stereocenters. The third-order valence-electron chi connectivity index (χ3n) is 4.47. The summed E-state index contributed by atoms with van der Waals surface area (Å²) in [6.07, 6.45) is 1.49. The molecule has 2 atom stereocenters. The van der Waals surface area contributed by atoms with Gasteiger partial charge in [-0.25, -0.2) is 8.78 Å². The number of rotatable bonds is 2. The maximum atomic E-state index is 13.9. The van der Waals surface area contributed by atoms with Gasteiger partial charge < -0.3 is 5.11 Å². The average molecular weight is 288 g/mol. The quantitative estimate of drug-likeness (QED) is 0.874. The normalized spacial score (nSPS) is 24.7. The lowest BCUT2D eigenvalue weighted by Gasteiger charge is -2.37. The van der Waals surface area contributed by atoms with Crippen molar-refractivity contribution in [2.45, 2.75) is 37.7 Å². The molecular formula is C18H18F2O. The number of fused-ring (bicyclic) bond motifs is 1. The highest BCUT2D eigenvalue weighted by molar-refractivity contribution is 5.39. The average Bonchev–Trinajstić information content (AvgIpc) is 2.48. The summed E-state index contributed by atoms with van der Waals surface area (Å²) in [5.74, 6) is -0.577. The minimum Gasteiger partial charge on any atom is -0.385 e. The molecule has 21 heavy (non-hydrogen) atoms. The van der Waals surface area contributed by atoms with Crippen LogP contribution in [-0.4, -0.2) is 5.11 Å². The molecule has 0 aromatic heterocycles. The SMILES string of the molecule is CC1CCC(O)(Cc2cc(F)ccc2F)c2ccccc21. The van der Waals surface area contributed by atoms with Crippen LogP contribution >= 0.6 is 0 Å². The molecule has 1 aliphatic carbocycles. The summed E-state index contributed by atoms with van der Waals surface area (Å²) in [7, 11) is 0. The van der Waals surface area contributed by atoms with Crippen molar-refractivity contribution in [3.8, 4) is 0 Å². The van der Waals surface area contributed by atoms with E-state index in [2.05, 4.69) is 6.92 Å². The highest BCUT2D eigenvalue weighted by atomic mass is 19.1. The molecule has 0 amide bonds. The molecule has 1 aliphatic rings. The van der Waals surface area contributed by atoms with E-state index in [-0.39, 0.29) is 12.0 Å². The largest absolute Gasteiger partial charge is 0.385 e. The number of hydrogen-bond donors (Lipinski definition) is 1. The molecular weight excluding hydrogens is 270 g/mol. The topological polar surface area (TPSA) is 20.2 Å². The molecule has 0 fully saturated rings. The van der Waals surface area contributed by atoms with Crippen LogP contribution in [0.1, 0.15) is 42.4 Å². The van der Waals surface area contributed by atoms with Gasteiger partial charge in [0.25, 0.3) is 0 Å². The standard InChI is InChI=1S/C18H18F2O/c1-12-8-9-18(21,16-5-3-2-4-15(12)16)11-13-10-14(19)6-7-17(13)20/h2-7,10,12,21H,8-9,11H2,1H3. The Labute approximate surface area is 123 Å². The predicted molar refractivity (Wildman–Crippen MR) is 78.0 cm³/mol. The van der Waals surface area contributed by atoms with Gasteiger partial charge >= 0.3 is 0 Å². The van der Waals surface area contributed by atoms with E-state index in [9.17, 15) is 13.9 Å². The predicted octanol–water partition coefficient (Wildman–Crippen LogP) is 4.29. The Balaban J connectivity index is 2.02. The van der Waals surface area contributed by atoms with Gasteiger partial charge in [-0.3, -0.25) is 0 Å². The second-order valence-electron chi connectivity index (χ2n) is 5.97. The molecule has 3 rings (SSSR count). The van der Waals surface area contributed by atoms with Crippen molar-refractivity contribution in [2.24, 2.45) is 0 Å². The second kappa shape index (κ2) is 5.23. The second-order valence-corrected chi connectivity index (χ2v) is 5.97. The molecule has 110 valence electrons. The van der Waals surface area contributed by atoms with Crippen LogP contribution in [0.25, 0.3) is 0 Å². The molecule has 0 bridgehead atoms. The van der Waals surface area contributed by atoms with Gasteiger partial charge in [-0.2, -0.15) is 0 Å². The molecule has 0 saturated carbocycles. The third-order valence-corrected chi connectivity index (χ3v) is 4.47. The molecule has 0 aliphatic heterocycles. The number of halogens is 2. The summed E-state index contributed by atoms with van der Waals surface area (Å²) in [6, 6.07) is 11.1. The van der Waals surface area contributed by atoms with Crippen LogP contribution in [0.4, 0.5) is 8.78 Å². The lowest BCUT2D eigenvalue weighted by atomic mass is 9.72. The lowest BCUT2D eigenvalue weighted by molar-refractivity contribution is 0.0151. The van der Waals surface area contributed by atoms with Gasteiger partial charge in [-0.05, 0) is 53.6 Å². The fourth-order valence-corrected chi connectivity index (χ4v) is 3.27. The zero-order valence-corrected chi connectivity index (χ0v) is 11.9. The molecule has 2 aromatic carbocycles. The van der Waals surface area contributed by atoms with Crippen LogP contribution < -0.4 is 0 Å². The van der Waals surface area contributed by atoms with Gasteiger partial charge in [0.1, 0.15) is 11.6 Å². The fraction of sp³-hybridized carbons (Fsp3) is 0.333. The Morgan fingerprint density at radius 1 is 1.19 bits per heavy atom. The minimum atomic E-state index is -1.13. The van der Waals surface area contributed by atoms with Gasteiger partial charge in [-0.1, -0.05) is 31.2 Å². The van der Waals surface area contributed by atoms with Gasteiger partial charge in [0.15, 0.2) is 0 Å². The van der Waals surface area contributed by atoms with Crippen LogP contribution in [0.15, 0.2) is 42.5 Å². The third kappa shape index (κ3) is 2.58. The van der Waals surface area contributed by atoms with Gasteiger partial charge in [-0.15, -0.1) is 0 Å². The zero-order chi connectivity index (χ0) is 15.0. The van der Waals surface area contributed by atoms with Crippen LogP contribution in [0.3, 0.4) is 0 Å². The molecule has 3 heteroatoms. The van der Waals surface area contributed by atoms with E-state index in [0.29, 0.717) is 12.3 Å². The molecule has 0 radical (unpaired) electrons. The first-order valence-corrected chi connectivity index (χ1v) is 7.25. The van der Waals surface area contributed by atoms with Crippen molar-refractivity contribution in [3.63, 3.8) is 0 Å². The van der Waals surface area contributed by atoms with E-state index in [1.165, 1.54) is 6.07 Å². The lowest BCUT2D eigenvalue weighted by Crippen LogP contribution is -2.34. The monoisotopic (exact) mass is 288 g/mol. The Morgan fingerprint density at radius 2 is 1.95 bits per heavy atom. The van der Waals surface area contributed by atoms with Crippen molar-refractivity contribution in [1.29, 1.82) is 0 Å². The summed E-state index contributed by atoms with van der Waals surface area (Å²) in [6.45, 7) is 2.13. The molecule has 1 nitrogen and oxygen atoms in total. The number of hydrogen-bond acceptors (Lipinski definition) is 1. The van der Waals surface area contributed by atoms with Crippen molar-refractivity contribution >= 4 is 0 Å². The molecule has 2 aromatic rings. The van der Waals surface area contributed by atoms with E-state index in [0.717, 1.165) is 29.7 Å². The minimum absolute atomic E-state index is 0.0975. The fourth-order valence-electron chi connectivity index (χ4n) is 3.27. The summed E-state index contributed by atoms with van der Waals surface area (Å²) >= 11 is 0. The first-order chi connectivity index (χ1) is 9.99. The van der Waals surface area contributed by atoms with E-state index in [1.807, 2.05) is 24.3 Å². The van der Waals surface area contributed by atoms with E-state index in [4.69, 9.17) is 0 Å². The highest BCUT2D eigenvalue weighted by Crippen LogP contribution is 2.43. The van der Waals surface area contributed by atoms with Crippen molar-refractivity contribution in [3.05, 3.63) is 70.8 Å². The molecule has 0 heterocycles. The maximum absolute atomic E-state index is 13.9. The Morgan fingerprint density at radius 3 is 2.76 bits per heavy atom. The Bertz CT molecular complexity index is 668. The highest BCUT2D eigenvalue weighted by Gasteiger charge is 2.37. The van der Waals surface area contributed by atoms with Gasteiger partial charge in [0.2, 0.25) is 0 Å². The van der Waals surface area contributed by atoms with E-state index < -0.39 is 17.2 Å². The molecule has 0 saturated heterocycles. The molecule has 1 N–H and O–H groups in total. The summed E-state index contributed by atoms with van der Waals surface area (Å²) in [5.41, 5.74) is 1.04. The Kier molecular flexibility index (Phi) is 3.54. The summed E-state index contributed by atoms with van der Waals surface area (Å²) in [5, 5.41) is 11.0.